The van der Waals surface area contributed by atoms with Gasteiger partial charge in [0.05, 0.1) is 10.9 Å². The van der Waals surface area contributed by atoms with Crippen molar-refractivity contribution in [3.63, 3.8) is 0 Å². The van der Waals surface area contributed by atoms with E-state index >= 15 is 0 Å². The number of aromatic nitrogens is 2. The number of hydrogen-bond acceptors (Lipinski definition) is 5. The predicted octanol–water partition coefficient (Wildman–Crippen LogP) is 3.00. The quantitative estimate of drug-likeness (QED) is 0.736. The van der Waals surface area contributed by atoms with Crippen LogP contribution < -0.4 is 11.1 Å². The van der Waals surface area contributed by atoms with Crippen LogP contribution in [0.3, 0.4) is 0 Å². The first-order chi connectivity index (χ1) is 12.1. The van der Waals surface area contributed by atoms with Crippen molar-refractivity contribution < 1.29 is 9.21 Å². The summed E-state index contributed by atoms with van der Waals surface area (Å²) in [7, 11) is 0. The summed E-state index contributed by atoms with van der Waals surface area (Å²) in [4.78, 5) is 24.8. The van der Waals surface area contributed by atoms with Crippen molar-refractivity contribution in [2.75, 3.05) is 0 Å². The molecule has 0 bridgehead atoms. The molecule has 1 amide bonds. The lowest BCUT2D eigenvalue weighted by atomic mass is 10.1. The molecule has 3 rings (SSSR count). The van der Waals surface area contributed by atoms with Crippen molar-refractivity contribution in [3.05, 3.63) is 63.5 Å². The van der Waals surface area contributed by atoms with E-state index in [1.165, 1.54) is 16.9 Å². The molecule has 0 saturated heterocycles. The lowest BCUT2D eigenvalue weighted by molar-refractivity contribution is -0.122. The Morgan fingerprint density at radius 1 is 1.32 bits per heavy atom. The van der Waals surface area contributed by atoms with Gasteiger partial charge in [-0.3, -0.25) is 4.79 Å². The average molecular weight is 357 g/mol. The fraction of sp³-hybridized carbons (Fsp3) is 0.278. The van der Waals surface area contributed by atoms with Crippen molar-refractivity contribution in [1.29, 1.82) is 0 Å². The number of aryl methyl sites for hydroxylation is 1. The summed E-state index contributed by atoms with van der Waals surface area (Å²) in [5.74, 6) is -0.699. The normalized spacial score (nSPS) is 12.1. The molecule has 0 unspecified atom stereocenters. The third kappa shape index (κ3) is 4.06. The van der Waals surface area contributed by atoms with Gasteiger partial charge in [0, 0.05) is 0 Å². The van der Waals surface area contributed by atoms with E-state index in [1.54, 1.807) is 0 Å². The van der Waals surface area contributed by atoms with E-state index in [1.807, 2.05) is 48.7 Å². The van der Waals surface area contributed by atoms with Gasteiger partial charge in [-0.15, -0.1) is 16.4 Å². The zero-order chi connectivity index (χ0) is 17.8. The zero-order valence-corrected chi connectivity index (χ0v) is 14.9. The molecular formula is C18H19N3O3S. The van der Waals surface area contributed by atoms with E-state index < -0.39 is 5.76 Å². The third-order valence-corrected chi connectivity index (χ3v) is 4.75. The number of thiophene rings is 1. The summed E-state index contributed by atoms with van der Waals surface area (Å²) in [6.07, 6.45) is 0.975. The Morgan fingerprint density at radius 3 is 2.72 bits per heavy atom. The van der Waals surface area contributed by atoms with Crippen LogP contribution in [0.1, 0.15) is 31.0 Å². The fourth-order valence-electron chi connectivity index (χ4n) is 2.45. The number of benzene rings is 1. The van der Waals surface area contributed by atoms with Gasteiger partial charge < -0.3 is 9.73 Å². The molecule has 0 aliphatic heterocycles. The van der Waals surface area contributed by atoms with Crippen LogP contribution in [0, 0.1) is 0 Å². The summed E-state index contributed by atoms with van der Waals surface area (Å²) in [6.45, 7) is 3.83. The lowest BCUT2D eigenvalue weighted by Crippen LogP contribution is -2.33. The highest BCUT2D eigenvalue weighted by Gasteiger charge is 2.15. The van der Waals surface area contributed by atoms with Gasteiger partial charge in [-0.05, 0) is 35.9 Å². The van der Waals surface area contributed by atoms with Crippen molar-refractivity contribution in [1.82, 2.24) is 15.1 Å². The van der Waals surface area contributed by atoms with E-state index in [4.69, 9.17) is 4.42 Å². The molecule has 1 atom stereocenters. The molecule has 0 fully saturated rings. The van der Waals surface area contributed by atoms with Crippen molar-refractivity contribution >= 4 is 17.2 Å². The standard InChI is InChI=1S/C18H19N3O3S/c1-3-13-6-8-14(9-7-13)12(2)19-16(22)11-21-18(23)24-17(20-21)15-5-4-10-25-15/h4-10,12H,3,11H2,1-2H3,(H,19,22)/t12-/m0/s1. The molecule has 0 aliphatic carbocycles. The minimum absolute atomic E-state index is 0.155. The Labute approximate surface area is 149 Å². The Balaban J connectivity index is 1.65. The fourth-order valence-corrected chi connectivity index (χ4v) is 3.10. The van der Waals surface area contributed by atoms with Gasteiger partial charge in [0.1, 0.15) is 6.54 Å². The second-order valence-corrected chi connectivity index (χ2v) is 6.64. The number of nitrogens with zero attached hydrogens (tertiary/aromatic N) is 2. The van der Waals surface area contributed by atoms with Crippen LogP contribution in [-0.2, 0) is 17.8 Å². The number of amides is 1. The molecule has 25 heavy (non-hydrogen) atoms. The van der Waals surface area contributed by atoms with Crippen LogP contribution in [0.2, 0.25) is 0 Å². The molecule has 2 aromatic heterocycles. The molecule has 0 saturated carbocycles. The van der Waals surface area contributed by atoms with Crippen LogP contribution in [0.5, 0.6) is 0 Å². The number of nitrogens with one attached hydrogen (secondary N) is 1. The van der Waals surface area contributed by atoms with Crippen molar-refractivity contribution in [3.8, 4) is 10.8 Å². The van der Waals surface area contributed by atoms with Crippen molar-refractivity contribution in [2.24, 2.45) is 0 Å². The molecular weight excluding hydrogens is 338 g/mol. The highest BCUT2D eigenvalue weighted by atomic mass is 32.1. The number of carbonyl (C=O) groups is 1. The smallest absolute Gasteiger partial charge is 0.387 e. The summed E-state index contributed by atoms with van der Waals surface area (Å²) in [5, 5.41) is 8.83. The van der Waals surface area contributed by atoms with Crippen LogP contribution >= 0.6 is 11.3 Å². The first-order valence-corrected chi connectivity index (χ1v) is 8.95. The van der Waals surface area contributed by atoms with Crippen LogP contribution in [-0.4, -0.2) is 15.7 Å². The largest absolute Gasteiger partial charge is 0.437 e. The number of hydrogen-bond donors (Lipinski definition) is 1. The van der Waals surface area contributed by atoms with E-state index in [9.17, 15) is 9.59 Å². The van der Waals surface area contributed by atoms with Gasteiger partial charge in [-0.1, -0.05) is 37.3 Å². The highest BCUT2D eigenvalue weighted by molar-refractivity contribution is 7.13. The molecule has 2 heterocycles. The Kier molecular flexibility index (Phi) is 5.14. The van der Waals surface area contributed by atoms with Gasteiger partial charge in [0.15, 0.2) is 0 Å². The molecule has 130 valence electrons. The predicted molar refractivity (Wildman–Crippen MR) is 96.5 cm³/mol. The summed E-state index contributed by atoms with van der Waals surface area (Å²) >= 11 is 1.42. The van der Waals surface area contributed by atoms with E-state index in [0.29, 0.717) is 0 Å². The van der Waals surface area contributed by atoms with Gasteiger partial charge in [0.2, 0.25) is 5.91 Å². The second kappa shape index (κ2) is 7.48. The lowest BCUT2D eigenvalue weighted by Gasteiger charge is -2.14. The molecule has 0 radical (unpaired) electrons. The Morgan fingerprint density at radius 2 is 2.08 bits per heavy atom. The van der Waals surface area contributed by atoms with Crippen LogP contribution in [0.15, 0.2) is 51.0 Å². The second-order valence-electron chi connectivity index (χ2n) is 5.69. The van der Waals surface area contributed by atoms with E-state index in [2.05, 4.69) is 17.3 Å². The van der Waals surface area contributed by atoms with E-state index in [-0.39, 0.29) is 24.4 Å². The average Bonchev–Trinajstić information content (AvgIpc) is 3.25. The molecule has 3 aromatic rings. The monoisotopic (exact) mass is 357 g/mol. The summed E-state index contributed by atoms with van der Waals surface area (Å²) < 4.78 is 6.14. The van der Waals surface area contributed by atoms with Crippen LogP contribution in [0.4, 0.5) is 0 Å². The maximum absolute atomic E-state index is 12.2. The molecule has 6 nitrogen and oxygen atoms in total. The maximum Gasteiger partial charge on any atom is 0.437 e. The molecule has 0 spiro atoms. The number of rotatable bonds is 6. The summed E-state index contributed by atoms with van der Waals surface area (Å²) in [6, 6.07) is 11.6. The minimum Gasteiger partial charge on any atom is -0.387 e. The third-order valence-electron chi connectivity index (χ3n) is 3.90. The highest BCUT2D eigenvalue weighted by Crippen LogP contribution is 2.21. The van der Waals surface area contributed by atoms with Crippen LogP contribution in [0.25, 0.3) is 10.8 Å². The van der Waals surface area contributed by atoms with Crippen molar-refractivity contribution in [2.45, 2.75) is 32.9 Å². The van der Waals surface area contributed by atoms with Gasteiger partial charge >= 0.3 is 5.76 Å². The van der Waals surface area contributed by atoms with Gasteiger partial charge in [-0.25, -0.2) is 4.79 Å². The number of carbonyl (C=O) groups excluding carboxylic acids is 1. The molecule has 1 N–H and O–H groups in total. The van der Waals surface area contributed by atoms with Gasteiger partial charge in [-0.2, -0.15) is 4.68 Å². The first kappa shape index (κ1) is 17.2. The topological polar surface area (TPSA) is 77.1 Å². The Hall–Kier alpha value is -2.67. The zero-order valence-electron chi connectivity index (χ0n) is 14.1. The SMILES string of the molecule is CCc1ccc([C@H](C)NC(=O)Cn2nc(-c3cccs3)oc2=O)cc1. The Bertz CT molecular complexity index is 895. The summed E-state index contributed by atoms with van der Waals surface area (Å²) in [5.41, 5.74) is 2.26. The van der Waals surface area contributed by atoms with Gasteiger partial charge in [0.25, 0.3) is 5.89 Å². The minimum atomic E-state index is -0.640. The first-order valence-electron chi connectivity index (χ1n) is 8.07. The molecule has 0 aliphatic rings. The van der Waals surface area contributed by atoms with E-state index in [0.717, 1.165) is 21.5 Å². The maximum atomic E-state index is 12.2. The molecule has 7 heteroatoms. The molecule has 1 aromatic carbocycles.